The molecule has 1 aromatic heterocycles. The molecule has 0 spiro atoms. The van der Waals surface area contributed by atoms with Gasteiger partial charge in [0, 0.05) is 37.1 Å². The van der Waals surface area contributed by atoms with Crippen LogP contribution in [0.3, 0.4) is 0 Å². The van der Waals surface area contributed by atoms with Gasteiger partial charge in [0.25, 0.3) is 5.91 Å². The number of carbonyl (C=O) groups excluding carboxylic acids is 1. The molecule has 4 nitrogen and oxygen atoms in total. The minimum atomic E-state index is -0.584. The predicted octanol–water partition coefficient (Wildman–Crippen LogP) is 4.00. The molecule has 1 N–H and O–H groups in total. The Bertz CT molecular complexity index is 1030. The van der Waals surface area contributed by atoms with Crippen LogP contribution in [0.15, 0.2) is 54.7 Å². The number of anilines is 2. The molecule has 0 saturated heterocycles. The second kappa shape index (κ2) is 7.38. The standard InChI is InChI=1S/C22H19F2N3O/c1-25-22(28)19-3-2-4-20-18(19)6-8-27(20)21-12-14(5-7-26-21)9-15-10-16(23)13-17(24)11-15/h2-5,7,10-13H,6,8-9H2,1H3,(H,25,28). The zero-order valence-corrected chi connectivity index (χ0v) is 15.4. The second-order valence-electron chi connectivity index (χ2n) is 6.76. The number of hydrogen-bond donors (Lipinski definition) is 1. The third-order valence-electron chi connectivity index (χ3n) is 4.92. The number of amides is 1. The average molecular weight is 379 g/mol. The number of fused-ring (bicyclic) bond motifs is 1. The summed E-state index contributed by atoms with van der Waals surface area (Å²) < 4.78 is 26.9. The van der Waals surface area contributed by atoms with Crippen molar-refractivity contribution in [2.24, 2.45) is 0 Å². The Labute approximate surface area is 161 Å². The summed E-state index contributed by atoms with van der Waals surface area (Å²) in [5, 5.41) is 2.68. The molecule has 6 heteroatoms. The molecule has 2 heterocycles. The summed E-state index contributed by atoms with van der Waals surface area (Å²) in [6, 6.07) is 13.0. The first-order valence-corrected chi connectivity index (χ1v) is 9.06. The Balaban J connectivity index is 1.64. The molecule has 0 fully saturated rings. The first kappa shape index (κ1) is 18.1. The van der Waals surface area contributed by atoms with Crippen molar-refractivity contribution in [3.63, 3.8) is 0 Å². The lowest BCUT2D eigenvalue weighted by molar-refractivity contribution is 0.0962. The molecule has 3 aromatic rings. The molecule has 4 rings (SSSR count). The van der Waals surface area contributed by atoms with Gasteiger partial charge in [0.05, 0.1) is 0 Å². The van der Waals surface area contributed by atoms with E-state index in [0.29, 0.717) is 24.1 Å². The SMILES string of the molecule is CNC(=O)c1cccc2c1CCN2c1cc(Cc2cc(F)cc(F)c2)ccn1. The number of nitrogens with one attached hydrogen (secondary N) is 1. The Hall–Kier alpha value is -3.28. The van der Waals surface area contributed by atoms with Crippen molar-refractivity contribution in [2.75, 3.05) is 18.5 Å². The van der Waals surface area contributed by atoms with Crippen molar-refractivity contribution in [1.82, 2.24) is 10.3 Å². The summed E-state index contributed by atoms with van der Waals surface area (Å²) >= 11 is 0. The number of benzene rings is 2. The van der Waals surface area contributed by atoms with Gasteiger partial charge in [-0.3, -0.25) is 4.79 Å². The van der Waals surface area contributed by atoms with Crippen LogP contribution in [0.4, 0.5) is 20.3 Å². The van der Waals surface area contributed by atoms with Crippen molar-refractivity contribution < 1.29 is 13.6 Å². The molecule has 28 heavy (non-hydrogen) atoms. The summed E-state index contributed by atoms with van der Waals surface area (Å²) in [5.41, 5.74) is 4.11. The van der Waals surface area contributed by atoms with Crippen LogP contribution in [0.5, 0.6) is 0 Å². The molecule has 1 aliphatic rings. The van der Waals surface area contributed by atoms with Crippen LogP contribution in [0.2, 0.25) is 0 Å². The maximum Gasteiger partial charge on any atom is 0.251 e. The molecular formula is C22H19F2N3O. The van der Waals surface area contributed by atoms with Crippen LogP contribution in [-0.2, 0) is 12.8 Å². The smallest absolute Gasteiger partial charge is 0.251 e. The van der Waals surface area contributed by atoms with Crippen molar-refractivity contribution in [1.29, 1.82) is 0 Å². The van der Waals surface area contributed by atoms with Crippen LogP contribution < -0.4 is 10.2 Å². The quantitative estimate of drug-likeness (QED) is 0.745. The molecule has 0 radical (unpaired) electrons. The summed E-state index contributed by atoms with van der Waals surface area (Å²) in [7, 11) is 1.62. The molecule has 142 valence electrons. The summed E-state index contributed by atoms with van der Waals surface area (Å²) in [6.07, 6.45) is 2.85. The first-order valence-electron chi connectivity index (χ1n) is 9.06. The highest BCUT2D eigenvalue weighted by atomic mass is 19.1. The van der Waals surface area contributed by atoms with Gasteiger partial charge in [-0.05, 0) is 65.9 Å². The first-order chi connectivity index (χ1) is 13.5. The van der Waals surface area contributed by atoms with Crippen LogP contribution in [0.25, 0.3) is 0 Å². The van der Waals surface area contributed by atoms with E-state index in [1.807, 2.05) is 30.3 Å². The summed E-state index contributed by atoms with van der Waals surface area (Å²) in [6.45, 7) is 0.717. The van der Waals surface area contributed by atoms with E-state index in [1.54, 1.807) is 13.2 Å². The van der Waals surface area contributed by atoms with Gasteiger partial charge in [-0.15, -0.1) is 0 Å². The molecule has 0 aliphatic carbocycles. The van der Waals surface area contributed by atoms with Gasteiger partial charge in [0.15, 0.2) is 0 Å². The molecule has 0 unspecified atom stereocenters. The largest absolute Gasteiger partial charge is 0.355 e. The van der Waals surface area contributed by atoms with E-state index < -0.39 is 11.6 Å². The van der Waals surface area contributed by atoms with Gasteiger partial charge in [-0.1, -0.05) is 6.07 Å². The lowest BCUT2D eigenvalue weighted by Gasteiger charge is -2.19. The summed E-state index contributed by atoms with van der Waals surface area (Å²) in [4.78, 5) is 18.7. The fourth-order valence-electron chi connectivity index (χ4n) is 3.69. The fourth-order valence-corrected chi connectivity index (χ4v) is 3.69. The molecule has 0 atom stereocenters. The lowest BCUT2D eigenvalue weighted by Crippen LogP contribution is -2.19. The third-order valence-corrected chi connectivity index (χ3v) is 4.92. The molecule has 2 aromatic carbocycles. The van der Waals surface area contributed by atoms with E-state index in [1.165, 1.54) is 12.1 Å². The van der Waals surface area contributed by atoms with Crippen molar-refractivity contribution in [2.45, 2.75) is 12.8 Å². The van der Waals surface area contributed by atoms with Crippen molar-refractivity contribution in [3.05, 3.63) is 88.6 Å². The predicted molar refractivity (Wildman–Crippen MR) is 104 cm³/mol. The van der Waals surface area contributed by atoms with Gasteiger partial charge in [0.2, 0.25) is 0 Å². The number of rotatable bonds is 4. The Morgan fingerprint density at radius 1 is 1.11 bits per heavy atom. The van der Waals surface area contributed by atoms with E-state index >= 15 is 0 Å². The number of halogens is 2. The maximum atomic E-state index is 13.5. The van der Waals surface area contributed by atoms with Crippen LogP contribution in [0, 0.1) is 11.6 Å². The molecular weight excluding hydrogens is 360 g/mol. The van der Waals surface area contributed by atoms with Crippen LogP contribution in [0.1, 0.15) is 27.0 Å². The zero-order valence-electron chi connectivity index (χ0n) is 15.4. The van der Waals surface area contributed by atoms with E-state index in [-0.39, 0.29) is 5.91 Å². The maximum absolute atomic E-state index is 13.5. The average Bonchev–Trinajstić information content (AvgIpc) is 3.11. The van der Waals surface area contributed by atoms with Crippen molar-refractivity contribution in [3.8, 4) is 0 Å². The highest BCUT2D eigenvalue weighted by Crippen LogP contribution is 2.35. The van der Waals surface area contributed by atoms with Gasteiger partial charge < -0.3 is 10.2 Å². The minimum absolute atomic E-state index is 0.103. The van der Waals surface area contributed by atoms with Gasteiger partial charge in [-0.2, -0.15) is 0 Å². The highest BCUT2D eigenvalue weighted by Gasteiger charge is 2.25. The molecule has 1 aliphatic heterocycles. The normalized spacial score (nSPS) is 12.8. The Kier molecular flexibility index (Phi) is 4.77. The van der Waals surface area contributed by atoms with Crippen LogP contribution in [-0.4, -0.2) is 24.5 Å². The number of carbonyl (C=O) groups is 1. The van der Waals surface area contributed by atoms with Crippen molar-refractivity contribution >= 4 is 17.4 Å². The van der Waals surface area contributed by atoms with Crippen LogP contribution >= 0.6 is 0 Å². The van der Waals surface area contributed by atoms with E-state index in [0.717, 1.165) is 35.1 Å². The van der Waals surface area contributed by atoms with Gasteiger partial charge in [0.1, 0.15) is 17.5 Å². The lowest BCUT2D eigenvalue weighted by atomic mass is 10.0. The molecule has 0 bridgehead atoms. The number of hydrogen-bond acceptors (Lipinski definition) is 3. The minimum Gasteiger partial charge on any atom is -0.355 e. The third kappa shape index (κ3) is 3.45. The van der Waals surface area contributed by atoms with Gasteiger partial charge in [-0.25, -0.2) is 13.8 Å². The number of nitrogens with zero attached hydrogens (tertiary/aromatic N) is 2. The number of pyridine rings is 1. The Morgan fingerprint density at radius 2 is 1.89 bits per heavy atom. The van der Waals surface area contributed by atoms with E-state index in [4.69, 9.17) is 0 Å². The van der Waals surface area contributed by atoms with E-state index in [2.05, 4.69) is 15.2 Å². The highest BCUT2D eigenvalue weighted by molar-refractivity contribution is 5.97. The second-order valence-corrected chi connectivity index (χ2v) is 6.76. The number of aromatic nitrogens is 1. The Morgan fingerprint density at radius 3 is 2.64 bits per heavy atom. The molecule has 1 amide bonds. The zero-order chi connectivity index (χ0) is 19.7. The van der Waals surface area contributed by atoms with Gasteiger partial charge >= 0.3 is 0 Å². The monoisotopic (exact) mass is 379 g/mol. The molecule has 0 saturated carbocycles. The summed E-state index contributed by atoms with van der Waals surface area (Å²) in [5.74, 6) is -0.519. The topological polar surface area (TPSA) is 45.2 Å². The van der Waals surface area contributed by atoms with E-state index in [9.17, 15) is 13.6 Å². The fraction of sp³-hybridized carbons (Fsp3) is 0.182.